The van der Waals surface area contributed by atoms with Crippen molar-refractivity contribution in [3.05, 3.63) is 59.7 Å². The Kier molecular flexibility index (Phi) is 15.6. The Balaban J connectivity index is 2.34. The van der Waals surface area contributed by atoms with Crippen LogP contribution in [0, 0.1) is 0 Å². The van der Waals surface area contributed by atoms with Gasteiger partial charge in [-0.05, 0) is 43.8 Å². The van der Waals surface area contributed by atoms with E-state index in [-0.39, 0.29) is 0 Å². The highest BCUT2D eigenvalue weighted by Gasteiger charge is 2.37. The van der Waals surface area contributed by atoms with Gasteiger partial charge in [-0.1, -0.05) is 257 Å². The number of rotatable bonds is 19. The average molecular weight is 897 g/mol. The predicted octanol–water partition coefficient (Wildman–Crippen LogP) is 14.3. The van der Waals surface area contributed by atoms with Gasteiger partial charge in [-0.2, -0.15) is 0 Å². The minimum Gasteiger partial charge on any atom is -0.0876 e. The van der Waals surface area contributed by atoms with Crippen LogP contribution in [0.5, 0.6) is 0 Å². The van der Waals surface area contributed by atoms with E-state index in [4.69, 9.17) is 0 Å². The Bertz CT molecular complexity index is 1650. The largest absolute Gasteiger partial charge is 0.0876 e. The van der Waals surface area contributed by atoms with Crippen molar-refractivity contribution in [3.8, 4) is 11.1 Å². The number of alkyl halides is 2. The summed E-state index contributed by atoms with van der Waals surface area (Å²) in [6.07, 6.45) is 0. The first-order valence-corrected chi connectivity index (χ1v) is 34.1. The van der Waals surface area contributed by atoms with Gasteiger partial charge >= 0.3 is 0 Å². The first kappa shape index (κ1) is 43.9. The fourth-order valence-corrected chi connectivity index (χ4v) is 26.6. The molecule has 4 aromatic carbocycles. The van der Waals surface area contributed by atoms with Crippen LogP contribution in [-0.4, -0.2) is 32.3 Å². The lowest BCUT2D eigenvalue weighted by Gasteiger charge is -2.35. The second kappa shape index (κ2) is 18.4. The highest BCUT2D eigenvalue weighted by Crippen LogP contribution is 2.43. The van der Waals surface area contributed by atoms with Crippen LogP contribution in [0.2, 0.25) is 72.5 Å². The van der Waals surface area contributed by atoms with Crippen molar-refractivity contribution in [2.45, 2.75) is 166 Å². The molecule has 0 unspecified atom stereocenters. The fraction of sp³-hybridized carbons (Fsp3) is 0.565. The van der Waals surface area contributed by atoms with Crippen LogP contribution in [0.25, 0.3) is 32.7 Å². The fourth-order valence-electron chi connectivity index (χ4n) is 10.7. The Morgan fingerprint density at radius 1 is 0.346 bits per heavy atom. The van der Waals surface area contributed by atoms with Crippen LogP contribution in [0.3, 0.4) is 0 Å². The zero-order valence-electron chi connectivity index (χ0n) is 35.3. The molecule has 0 N–H and O–H groups in total. The maximum atomic E-state index is 4.12. The molecule has 0 bridgehead atoms. The minimum absolute atomic E-state index is 0.879. The summed E-state index contributed by atoms with van der Waals surface area (Å²) in [6.45, 7) is 29.8. The van der Waals surface area contributed by atoms with Gasteiger partial charge in [0.25, 0.3) is 0 Å². The van der Waals surface area contributed by atoms with Gasteiger partial charge in [0.2, 0.25) is 0 Å². The zero-order valence-corrected chi connectivity index (χ0v) is 42.4. The van der Waals surface area contributed by atoms with E-state index < -0.39 is 32.3 Å². The molecule has 286 valence electrons. The number of benzene rings is 4. The number of hydrogen-bond acceptors (Lipinski definition) is 0. The van der Waals surface area contributed by atoms with Gasteiger partial charge in [-0.3, -0.25) is 0 Å². The third-order valence-corrected chi connectivity index (χ3v) is 39.1. The van der Waals surface area contributed by atoms with Crippen molar-refractivity contribution in [1.29, 1.82) is 0 Å². The number of hydrogen-bond donors (Lipinski definition) is 0. The molecule has 4 rings (SSSR count). The van der Waals surface area contributed by atoms with Crippen LogP contribution < -0.4 is 20.7 Å². The van der Waals surface area contributed by atoms with Crippen molar-refractivity contribution in [2.75, 3.05) is 0 Å². The van der Waals surface area contributed by atoms with E-state index in [1.54, 1.807) is 31.5 Å². The lowest BCUT2D eigenvalue weighted by Crippen LogP contribution is -2.48. The monoisotopic (exact) mass is 894 g/mol. The summed E-state index contributed by atoms with van der Waals surface area (Å²) in [4.78, 5) is 0. The third-order valence-electron chi connectivity index (χ3n) is 15.5. The molecule has 4 aromatic rings. The number of fused-ring (bicyclic) bond motifs is 2. The van der Waals surface area contributed by atoms with E-state index in [2.05, 4.69) is 163 Å². The molecule has 0 fully saturated rings. The molecule has 0 nitrogen and oxygen atoms in total. The summed E-state index contributed by atoms with van der Waals surface area (Å²) in [5, 5.41) is 14.8. The quantitative estimate of drug-likeness (QED) is 0.0650. The molecule has 0 heterocycles. The predicted molar refractivity (Wildman–Crippen MR) is 259 cm³/mol. The van der Waals surface area contributed by atoms with Gasteiger partial charge in [0.05, 0.1) is 32.3 Å². The van der Waals surface area contributed by atoms with Gasteiger partial charge in [0, 0.05) is 10.7 Å². The summed E-state index contributed by atoms with van der Waals surface area (Å²) >= 11 is 8.23. The second-order valence-electron chi connectivity index (χ2n) is 16.1. The van der Waals surface area contributed by atoms with Crippen LogP contribution >= 0.6 is 31.9 Å². The first-order chi connectivity index (χ1) is 25.0. The van der Waals surface area contributed by atoms with Gasteiger partial charge in [0.1, 0.15) is 0 Å². The average Bonchev–Trinajstić information content (AvgIpc) is 3.20. The summed E-state index contributed by atoms with van der Waals surface area (Å²) in [7, 11) is -6.57. The molecule has 0 atom stereocenters. The van der Waals surface area contributed by atoms with E-state index in [1.165, 1.54) is 106 Å². The van der Waals surface area contributed by atoms with Gasteiger partial charge < -0.3 is 0 Å². The lowest BCUT2D eigenvalue weighted by atomic mass is 9.87. The molecule has 0 aliphatic heterocycles. The molecule has 0 radical (unpaired) electrons. The van der Waals surface area contributed by atoms with Crippen molar-refractivity contribution in [1.82, 2.24) is 0 Å². The van der Waals surface area contributed by atoms with Crippen molar-refractivity contribution >= 4 is 106 Å². The molecule has 0 aliphatic rings. The van der Waals surface area contributed by atoms with Crippen LogP contribution in [0.1, 0.15) is 94.2 Å². The Hall–Kier alpha value is -0.772. The molecule has 0 amide bonds. The smallest absolute Gasteiger partial charge is 0.0867 e. The van der Waals surface area contributed by atoms with Crippen LogP contribution in [0.4, 0.5) is 0 Å². The summed E-state index contributed by atoms with van der Waals surface area (Å²) in [6, 6.07) is 37.2. The van der Waals surface area contributed by atoms with E-state index >= 15 is 0 Å². The zero-order chi connectivity index (χ0) is 38.5. The molecule has 0 saturated heterocycles. The number of halogens is 2. The lowest BCUT2D eigenvalue weighted by molar-refractivity contribution is 1.19. The van der Waals surface area contributed by atoms with Gasteiger partial charge in [0.15, 0.2) is 0 Å². The van der Waals surface area contributed by atoms with E-state index in [0.717, 1.165) is 10.7 Å². The van der Waals surface area contributed by atoms with Crippen LogP contribution in [0.15, 0.2) is 48.5 Å². The molecule has 6 heteroatoms. The highest BCUT2D eigenvalue weighted by molar-refractivity contribution is 9.08. The molecule has 0 saturated carbocycles. The molecular formula is C46H72Br2Si4. The summed E-state index contributed by atoms with van der Waals surface area (Å²) in [5.41, 5.74) is 5.95. The van der Waals surface area contributed by atoms with Crippen molar-refractivity contribution in [2.24, 2.45) is 0 Å². The molecule has 0 aliphatic carbocycles. The van der Waals surface area contributed by atoms with E-state index in [9.17, 15) is 0 Å². The normalized spacial score (nSPS) is 13.1. The third kappa shape index (κ3) is 7.30. The summed E-state index contributed by atoms with van der Waals surface area (Å²) < 4.78 is 0. The first-order valence-electron chi connectivity index (χ1n) is 21.4. The Morgan fingerprint density at radius 2 is 0.615 bits per heavy atom. The second-order valence-corrected chi connectivity index (χ2v) is 38.1. The van der Waals surface area contributed by atoms with Crippen LogP contribution in [-0.2, 0) is 10.7 Å². The van der Waals surface area contributed by atoms with Gasteiger partial charge in [-0.25, -0.2) is 0 Å². The maximum absolute atomic E-state index is 4.12. The van der Waals surface area contributed by atoms with E-state index in [1.807, 2.05) is 0 Å². The van der Waals surface area contributed by atoms with Gasteiger partial charge in [-0.15, -0.1) is 0 Å². The van der Waals surface area contributed by atoms with E-state index in [0.29, 0.717) is 0 Å². The Labute approximate surface area is 341 Å². The minimum atomic E-state index is -1.71. The topological polar surface area (TPSA) is 0 Å². The molecule has 0 spiro atoms. The Morgan fingerprint density at radius 3 is 0.846 bits per heavy atom. The van der Waals surface area contributed by atoms with Crippen molar-refractivity contribution in [3.63, 3.8) is 0 Å². The maximum Gasteiger partial charge on any atom is 0.0867 e. The molecular weight excluding hydrogens is 825 g/mol. The SMILES string of the molecule is CC[Si](CC)(CC)c1ccc2c(-c3c(CBr)cc([Si](CC)(CC)CC)c4cc([Si](CC)(CC)CC)ccc34)c(CBr)cc([Si](CC)(CC)CC)c2c1. The highest BCUT2D eigenvalue weighted by atomic mass is 79.9. The molecule has 0 aromatic heterocycles. The van der Waals surface area contributed by atoms with Crippen molar-refractivity contribution < 1.29 is 0 Å². The summed E-state index contributed by atoms with van der Waals surface area (Å²) in [5.74, 6) is 0. The molecule has 52 heavy (non-hydrogen) atoms. The standard InChI is InChI=1S/C46H72Br2Si4/c1-13-49(14-2,15-3)37-25-27-39-41(31-37)43(51(19-7,20-8)21-9)29-35(33-47)45(39)46-36(34-48)30-44(52(22-10,23-11)24-12)42-32-38(26-28-40(42)46)50(16-4,17-5)18-6/h25-32H,13-24,33-34H2,1-12H3.